The van der Waals surface area contributed by atoms with Crippen LogP contribution in [0.25, 0.3) is 0 Å². The number of aliphatic imine (C=N–C) groups is 1. The van der Waals surface area contributed by atoms with Crippen LogP contribution in [0.1, 0.15) is 11.6 Å². The number of nitrogens with two attached hydrogens (primary N) is 1. The Morgan fingerprint density at radius 1 is 1.21 bits per heavy atom. The molecule has 0 radical (unpaired) electrons. The van der Waals surface area contributed by atoms with Crippen molar-refractivity contribution in [2.75, 3.05) is 25.1 Å². The summed E-state index contributed by atoms with van der Waals surface area (Å²) >= 11 is 1.64. The van der Waals surface area contributed by atoms with Crippen LogP contribution in [0.15, 0.2) is 42.0 Å². The van der Waals surface area contributed by atoms with Crippen molar-refractivity contribution in [2.45, 2.75) is 17.2 Å². The first-order valence-corrected chi connectivity index (χ1v) is 8.62. The van der Waals surface area contributed by atoms with Gasteiger partial charge in [-0.3, -0.25) is 19.9 Å². The monoisotopic (exact) mass is 342 g/mol. The molecular formula is C16H18N6OS. The molecule has 4 heterocycles. The number of thioether (sulfide) groups is 1. The zero-order valence-electron chi connectivity index (χ0n) is 13.2. The molecule has 0 aliphatic carbocycles. The molecule has 8 heteroatoms. The Bertz CT molecular complexity index is 755. The summed E-state index contributed by atoms with van der Waals surface area (Å²) in [5.74, 6) is 0.901. The molecule has 2 N–H and O–H groups in total. The Labute approximate surface area is 144 Å². The van der Waals surface area contributed by atoms with Crippen LogP contribution >= 0.6 is 11.8 Å². The third-order valence-electron chi connectivity index (χ3n) is 4.42. The quantitative estimate of drug-likeness (QED) is 0.899. The average molecular weight is 342 g/mol. The molecule has 0 aromatic carbocycles. The van der Waals surface area contributed by atoms with Gasteiger partial charge in [-0.25, -0.2) is 0 Å². The normalized spacial score (nSPS) is 26.0. The van der Waals surface area contributed by atoms with Gasteiger partial charge in [0.15, 0.2) is 5.17 Å². The molecule has 2 aliphatic rings. The van der Waals surface area contributed by atoms with Crippen molar-refractivity contribution in [2.24, 2.45) is 10.7 Å². The first kappa shape index (κ1) is 15.2. The number of anilines is 1. The maximum atomic E-state index is 5.99. The van der Waals surface area contributed by atoms with Crippen molar-refractivity contribution >= 4 is 22.6 Å². The van der Waals surface area contributed by atoms with Gasteiger partial charge in [-0.1, -0.05) is 11.8 Å². The van der Waals surface area contributed by atoms with Crippen molar-refractivity contribution < 1.29 is 4.74 Å². The van der Waals surface area contributed by atoms with Gasteiger partial charge in [0.05, 0.1) is 42.2 Å². The second kappa shape index (κ2) is 6.27. The van der Waals surface area contributed by atoms with Crippen LogP contribution < -0.4 is 15.4 Å². The van der Waals surface area contributed by atoms with Gasteiger partial charge in [-0.05, 0) is 0 Å². The number of aromatic nitrogens is 3. The molecule has 2 aromatic heterocycles. The lowest BCUT2D eigenvalue weighted by molar-refractivity contribution is 0.411. The highest BCUT2D eigenvalue weighted by Gasteiger charge is 2.42. The van der Waals surface area contributed by atoms with Gasteiger partial charge in [0, 0.05) is 43.7 Å². The van der Waals surface area contributed by atoms with Crippen molar-refractivity contribution in [3.8, 4) is 5.75 Å². The molecule has 1 saturated heterocycles. The zero-order valence-corrected chi connectivity index (χ0v) is 14.1. The summed E-state index contributed by atoms with van der Waals surface area (Å²) in [6.45, 7) is 1.66. The molecule has 24 heavy (non-hydrogen) atoms. The Hall–Kier alpha value is -2.35. The highest BCUT2D eigenvalue weighted by atomic mass is 32.2. The maximum absolute atomic E-state index is 5.99. The van der Waals surface area contributed by atoms with Gasteiger partial charge in [-0.15, -0.1) is 0 Å². The van der Waals surface area contributed by atoms with E-state index in [0.29, 0.717) is 10.4 Å². The number of hydrogen-bond acceptors (Lipinski definition) is 8. The minimum Gasteiger partial charge on any atom is -0.495 e. The van der Waals surface area contributed by atoms with Gasteiger partial charge in [-0.2, -0.15) is 0 Å². The van der Waals surface area contributed by atoms with Gasteiger partial charge in [0.2, 0.25) is 0 Å². The first-order chi connectivity index (χ1) is 11.7. The number of fused-ring (bicyclic) bond motifs is 1. The van der Waals surface area contributed by atoms with E-state index in [1.54, 1.807) is 37.5 Å². The summed E-state index contributed by atoms with van der Waals surface area (Å²) in [5.41, 5.74) is 7.98. The summed E-state index contributed by atoms with van der Waals surface area (Å²) in [7, 11) is 1.65. The third kappa shape index (κ3) is 2.77. The van der Waals surface area contributed by atoms with Gasteiger partial charge in [0.1, 0.15) is 5.75 Å². The Morgan fingerprint density at radius 2 is 2.12 bits per heavy atom. The van der Waals surface area contributed by atoms with E-state index in [1.165, 1.54) is 0 Å². The molecule has 3 atom stereocenters. The van der Waals surface area contributed by atoms with Crippen LogP contribution in [-0.4, -0.2) is 51.6 Å². The smallest absolute Gasteiger partial charge is 0.154 e. The van der Waals surface area contributed by atoms with Crippen LogP contribution in [0, 0.1) is 0 Å². The highest BCUT2D eigenvalue weighted by Crippen LogP contribution is 2.40. The van der Waals surface area contributed by atoms with Crippen LogP contribution in [0.3, 0.4) is 0 Å². The van der Waals surface area contributed by atoms with Crippen LogP contribution in [-0.2, 0) is 0 Å². The topological polar surface area (TPSA) is 89.5 Å². The molecule has 0 saturated carbocycles. The second-order valence-corrected chi connectivity index (χ2v) is 7.10. The Balaban J connectivity index is 1.67. The fourth-order valence-electron chi connectivity index (χ4n) is 3.29. The van der Waals surface area contributed by atoms with Gasteiger partial charge < -0.3 is 15.4 Å². The number of nitrogens with zero attached hydrogens (tertiary/aromatic N) is 5. The molecule has 0 spiro atoms. The molecule has 2 aliphatic heterocycles. The summed E-state index contributed by atoms with van der Waals surface area (Å²) in [5, 5.41) is 0.960. The predicted octanol–water partition coefficient (Wildman–Crippen LogP) is 1.28. The standard InChI is InChI=1S/C16H18N6OS/c1-23-11-4-10(5-19-6-11)22-8-12(13-7-18-2-3-20-13)15-14(9-22)24-16(17)21-15/h2-7,12,14-15H,8-9H2,1H3,(H2,17,21). The van der Waals surface area contributed by atoms with Crippen molar-refractivity contribution in [1.82, 2.24) is 15.0 Å². The molecule has 7 nitrogen and oxygen atoms in total. The lowest BCUT2D eigenvalue weighted by Gasteiger charge is -2.40. The number of hydrogen-bond donors (Lipinski definition) is 1. The third-order valence-corrected chi connectivity index (χ3v) is 5.50. The minimum absolute atomic E-state index is 0.140. The van der Waals surface area contributed by atoms with E-state index in [0.717, 1.165) is 30.2 Å². The molecule has 0 amide bonds. The van der Waals surface area contributed by atoms with Crippen LogP contribution in [0.5, 0.6) is 5.75 Å². The number of rotatable bonds is 3. The largest absolute Gasteiger partial charge is 0.495 e. The van der Waals surface area contributed by atoms with E-state index in [4.69, 9.17) is 10.5 Å². The maximum Gasteiger partial charge on any atom is 0.154 e. The van der Waals surface area contributed by atoms with Crippen LogP contribution in [0.4, 0.5) is 5.69 Å². The fourth-order valence-corrected chi connectivity index (χ4v) is 4.43. The predicted molar refractivity (Wildman–Crippen MR) is 94.6 cm³/mol. The molecule has 124 valence electrons. The van der Waals surface area contributed by atoms with Gasteiger partial charge in [0.25, 0.3) is 0 Å². The van der Waals surface area contributed by atoms with Gasteiger partial charge >= 0.3 is 0 Å². The highest BCUT2D eigenvalue weighted by molar-refractivity contribution is 8.14. The molecule has 4 rings (SSSR count). The number of ether oxygens (including phenoxy) is 1. The van der Waals surface area contributed by atoms with Crippen molar-refractivity contribution in [3.63, 3.8) is 0 Å². The van der Waals surface area contributed by atoms with E-state index >= 15 is 0 Å². The van der Waals surface area contributed by atoms with E-state index in [1.807, 2.05) is 18.5 Å². The number of pyridine rings is 1. The van der Waals surface area contributed by atoms with E-state index in [-0.39, 0.29) is 12.0 Å². The molecule has 3 unspecified atom stereocenters. The molecule has 0 bridgehead atoms. The lowest BCUT2D eigenvalue weighted by atomic mass is 9.89. The lowest BCUT2D eigenvalue weighted by Crippen LogP contribution is -2.48. The SMILES string of the molecule is COc1cncc(N2CC3SC(N)=NC3C(c3cnccn3)C2)c1. The van der Waals surface area contributed by atoms with Crippen molar-refractivity contribution in [1.29, 1.82) is 0 Å². The van der Waals surface area contributed by atoms with Crippen molar-refractivity contribution in [3.05, 3.63) is 42.7 Å². The summed E-state index contributed by atoms with van der Waals surface area (Å²) in [6.07, 6.45) is 8.81. The fraction of sp³-hybridized carbons (Fsp3) is 0.375. The molecule has 1 fully saturated rings. The second-order valence-electron chi connectivity index (χ2n) is 5.84. The number of methoxy groups -OCH3 is 1. The number of piperidine rings is 1. The Morgan fingerprint density at radius 3 is 2.92 bits per heavy atom. The molecule has 2 aromatic rings. The Kier molecular flexibility index (Phi) is 3.97. The summed E-state index contributed by atoms with van der Waals surface area (Å²) in [6, 6.07) is 2.15. The van der Waals surface area contributed by atoms with Crippen LogP contribution in [0.2, 0.25) is 0 Å². The molecular weight excluding hydrogens is 324 g/mol. The summed E-state index contributed by atoms with van der Waals surface area (Å²) in [4.78, 5) is 19.9. The minimum atomic E-state index is 0.140. The van der Waals surface area contributed by atoms with E-state index in [2.05, 4.69) is 24.8 Å². The zero-order chi connectivity index (χ0) is 16.5. The average Bonchev–Trinajstić information content (AvgIpc) is 3.01. The summed E-state index contributed by atoms with van der Waals surface area (Å²) < 4.78 is 5.30. The van der Waals surface area contributed by atoms with E-state index < -0.39 is 0 Å². The van der Waals surface area contributed by atoms with E-state index in [9.17, 15) is 0 Å². The first-order valence-electron chi connectivity index (χ1n) is 7.74. The number of amidine groups is 1.